The van der Waals surface area contributed by atoms with Crippen molar-refractivity contribution in [2.24, 2.45) is 0 Å². The summed E-state index contributed by atoms with van der Waals surface area (Å²) < 4.78 is 5.55. The zero-order valence-corrected chi connectivity index (χ0v) is 12.7. The van der Waals surface area contributed by atoms with Crippen LogP contribution in [-0.4, -0.2) is 31.1 Å². The fourth-order valence-electron chi connectivity index (χ4n) is 1.65. The van der Waals surface area contributed by atoms with E-state index in [0.717, 1.165) is 12.2 Å². The van der Waals surface area contributed by atoms with Gasteiger partial charge >= 0.3 is 0 Å². The zero-order valence-electron chi connectivity index (χ0n) is 12.7. The Bertz CT molecular complexity index is 385. The predicted molar refractivity (Wildman–Crippen MR) is 81.9 cm³/mol. The molecule has 0 bridgehead atoms. The summed E-state index contributed by atoms with van der Waals surface area (Å²) in [5.74, 6) is 0.953. The summed E-state index contributed by atoms with van der Waals surface area (Å²) in [4.78, 5) is 11.6. The van der Waals surface area contributed by atoms with Crippen LogP contribution < -0.4 is 15.4 Å². The van der Waals surface area contributed by atoms with Crippen LogP contribution in [0.1, 0.15) is 33.6 Å². The molecule has 0 aliphatic carbocycles. The first-order chi connectivity index (χ1) is 9.47. The number of para-hydroxylation sites is 1. The van der Waals surface area contributed by atoms with Crippen molar-refractivity contribution in [1.29, 1.82) is 0 Å². The summed E-state index contributed by atoms with van der Waals surface area (Å²) in [6.45, 7) is 8.24. The summed E-state index contributed by atoms with van der Waals surface area (Å²) in [5, 5.41) is 6.19. The molecule has 1 amide bonds. The van der Waals surface area contributed by atoms with Crippen LogP contribution in [0.25, 0.3) is 0 Å². The molecular weight excluding hydrogens is 252 g/mol. The molecule has 20 heavy (non-hydrogen) atoms. The van der Waals surface area contributed by atoms with Crippen molar-refractivity contribution in [3.63, 3.8) is 0 Å². The van der Waals surface area contributed by atoms with Crippen LogP contribution in [0.2, 0.25) is 0 Å². The number of amides is 1. The van der Waals surface area contributed by atoms with Crippen molar-refractivity contribution in [3.05, 3.63) is 30.3 Å². The van der Waals surface area contributed by atoms with Gasteiger partial charge in [-0.05, 0) is 39.3 Å². The smallest absolute Gasteiger partial charge is 0.221 e. The van der Waals surface area contributed by atoms with Gasteiger partial charge in [0.05, 0.1) is 6.61 Å². The van der Waals surface area contributed by atoms with Crippen LogP contribution in [0.4, 0.5) is 0 Å². The van der Waals surface area contributed by atoms with Gasteiger partial charge in [0.2, 0.25) is 5.91 Å². The maximum Gasteiger partial charge on any atom is 0.221 e. The Morgan fingerprint density at radius 3 is 2.50 bits per heavy atom. The zero-order chi connectivity index (χ0) is 14.8. The lowest BCUT2D eigenvalue weighted by Gasteiger charge is -2.20. The van der Waals surface area contributed by atoms with E-state index >= 15 is 0 Å². The highest BCUT2D eigenvalue weighted by Gasteiger charge is 2.09. The lowest BCUT2D eigenvalue weighted by Crippen LogP contribution is -2.38. The van der Waals surface area contributed by atoms with Gasteiger partial charge in [0.25, 0.3) is 0 Å². The van der Waals surface area contributed by atoms with E-state index in [0.29, 0.717) is 26.1 Å². The van der Waals surface area contributed by atoms with Crippen molar-refractivity contribution in [2.75, 3.05) is 19.7 Å². The molecule has 1 aromatic carbocycles. The van der Waals surface area contributed by atoms with Crippen molar-refractivity contribution in [2.45, 2.75) is 39.2 Å². The topological polar surface area (TPSA) is 50.4 Å². The SMILES string of the molecule is CC(C)(C)NCCC(=O)NCCCOc1ccccc1. The number of carbonyl (C=O) groups excluding carboxylic acids is 1. The summed E-state index contributed by atoms with van der Waals surface area (Å²) in [5.41, 5.74) is 0.0593. The van der Waals surface area contributed by atoms with E-state index in [-0.39, 0.29) is 11.4 Å². The maximum atomic E-state index is 11.6. The average molecular weight is 278 g/mol. The van der Waals surface area contributed by atoms with Gasteiger partial charge in [-0.15, -0.1) is 0 Å². The standard InChI is InChI=1S/C16H26N2O2/c1-16(2,3)18-12-10-15(19)17-11-7-13-20-14-8-5-4-6-9-14/h4-6,8-9,18H,7,10-13H2,1-3H3,(H,17,19). The Hall–Kier alpha value is -1.55. The summed E-state index contributed by atoms with van der Waals surface area (Å²) >= 11 is 0. The largest absolute Gasteiger partial charge is 0.494 e. The molecular formula is C16H26N2O2. The second-order valence-corrected chi connectivity index (χ2v) is 5.79. The van der Waals surface area contributed by atoms with Crippen molar-refractivity contribution in [3.8, 4) is 5.75 Å². The Morgan fingerprint density at radius 1 is 1.15 bits per heavy atom. The minimum absolute atomic E-state index is 0.0593. The minimum Gasteiger partial charge on any atom is -0.494 e. The van der Waals surface area contributed by atoms with Gasteiger partial charge in [0.15, 0.2) is 0 Å². The lowest BCUT2D eigenvalue weighted by molar-refractivity contribution is -0.121. The van der Waals surface area contributed by atoms with Crippen molar-refractivity contribution >= 4 is 5.91 Å². The summed E-state index contributed by atoms with van der Waals surface area (Å²) in [6.07, 6.45) is 1.32. The lowest BCUT2D eigenvalue weighted by atomic mass is 10.1. The number of benzene rings is 1. The maximum absolute atomic E-state index is 11.6. The van der Waals surface area contributed by atoms with E-state index in [4.69, 9.17) is 4.74 Å². The molecule has 0 saturated heterocycles. The van der Waals surface area contributed by atoms with E-state index in [1.807, 2.05) is 30.3 Å². The number of rotatable bonds is 8. The molecule has 0 spiro atoms. The molecule has 0 heterocycles. The molecule has 0 unspecified atom stereocenters. The van der Waals surface area contributed by atoms with Crippen LogP contribution >= 0.6 is 0 Å². The molecule has 0 atom stereocenters. The predicted octanol–water partition coefficient (Wildman–Crippen LogP) is 2.35. The molecule has 112 valence electrons. The quantitative estimate of drug-likeness (QED) is 0.718. The number of carbonyl (C=O) groups is 1. The summed E-state index contributed by atoms with van der Waals surface area (Å²) in [6, 6.07) is 9.70. The van der Waals surface area contributed by atoms with Crippen LogP contribution in [0.3, 0.4) is 0 Å². The van der Waals surface area contributed by atoms with Crippen LogP contribution in [0.15, 0.2) is 30.3 Å². The van der Waals surface area contributed by atoms with Gasteiger partial charge in [0.1, 0.15) is 5.75 Å². The molecule has 0 saturated carbocycles. The van der Waals surface area contributed by atoms with E-state index in [1.54, 1.807) is 0 Å². The third-order valence-electron chi connectivity index (χ3n) is 2.66. The highest BCUT2D eigenvalue weighted by atomic mass is 16.5. The molecule has 2 N–H and O–H groups in total. The molecule has 4 heteroatoms. The Labute approximate surface area is 121 Å². The number of nitrogens with one attached hydrogen (secondary N) is 2. The Kier molecular flexibility index (Phi) is 7.09. The minimum atomic E-state index is 0.0593. The van der Waals surface area contributed by atoms with E-state index in [1.165, 1.54) is 0 Å². The van der Waals surface area contributed by atoms with Gasteiger partial charge < -0.3 is 15.4 Å². The number of hydrogen-bond acceptors (Lipinski definition) is 3. The molecule has 0 aromatic heterocycles. The molecule has 1 aromatic rings. The molecule has 0 fully saturated rings. The Morgan fingerprint density at radius 2 is 1.85 bits per heavy atom. The molecule has 0 aliphatic heterocycles. The fraction of sp³-hybridized carbons (Fsp3) is 0.562. The molecule has 1 rings (SSSR count). The normalized spacial score (nSPS) is 11.2. The van der Waals surface area contributed by atoms with Gasteiger partial charge in [-0.25, -0.2) is 0 Å². The first kappa shape index (κ1) is 16.5. The number of ether oxygens (including phenoxy) is 1. The van der Waals surface area contributed by atoms with Crippen LogP contribution in [-0.2, 0) is 4.79 Å². The third kappa shape index (κ3) is 8.53. The Balaban J connectivity index is 1.99. The van der Waals surface area contributed by atoms with Crippen molar-refractivity contribution in [1.82, 2.24) is 10.6 Å². The molecule has 0 radical (unpaired) electrons. The first-order valence-corrected chi connectivity index (χ1v) is 7.17. The highest BCUT2D eigenvalue weighted by molar-refractivity contribution is 5.76. The van der Waals surface area contributed by atoms with Gasteiger partial charge in [-0.1, -0.05) is 18.2 Å². The van der Waals surface area contributed by atoms with Crippen molar-refractivity contribution < 1.29 is 9.53 Å². The van der Waals surface area contributed by atoms with E-state index in [9.17, 15) is 4.79 Å². The fourth-order valence-corrected chi connectivity index (χ4v) is 1.65. The first-order valence-electron chi connectivity index (χ1n) is 7.17. The van der Waals surface area contributed by atoms with Crippen LogP contribution in [0.5, 0.6) is 5.75 Å². The number of hydrogen-bond donors (Lipinski definition) is 2. The third-order valence-corrected chi connectivity index (χ3v) is 2.66. The van der Waals surface area contributed by atoms with Gasteiger partial charge in [0, 0.05) is 25.0 Å². The monoisotopic (exact) mass is 278 g/mol. The molecule has 0 aliphatic rings. The van der Waals surface area contributed by atoms with Gasteiger partial charge in [-0.2, -0.15) is 0 Å². The second kappa shape index (κ2) is 8.59. The van der Waals surface area contributed by atoms with E-state index in [2.05, 4.69) is 31.4 Å². The van der Waals surface area contributed by atoms with Crippen LogP contribution in [0, 0.1) is 0 Å². The highest BCUT2D eigenvalue weighted by Crippen LogP contribution is 2.07. The average Bonchev–Trinajstić information content (AvgIpc) is 2.38. The van der Waals surface area contributed by atoms with Gasteiger partial charge in [-0.3, -0.25) is 4.79 Å². The summed E-state index contributed by atoms with van der Waals surface area (Å²) in [7, 11) is 0. The van der Waals surface area contributed by atoms with E-state index < -0.39 is 0 Å². The second-order valence-electron chi connectivity index (χ2n) is 5.79. The molecule has 4 nitrogen and oxygen atoms in total.